The summed E-state index contributed by atoms with van der Waals surface area (Å²) in [6.07, 6.45) is 2.72. The van der Waals surface area contributed by atoms with E-state index in [1.54, 1.807) is 6.20 Å². The van der Waals surface area contributed by atoms with Gasteiger partial charge in [-0.3, -0.25) is 4.98 Å². The fraction of sp³-hybridized carbons (Fsp3) is 0.545. The van der Waals surface area contributed by atoms with Crippen LogP contribution in [0.15, 0.2) is 18.3 Å². The van der Waals surface area contributed by atoms with Gasteiger partial charge in [-0.15, -0.1) is 0 Å². The molecule has 0 saturated carbocycles. The Bertz CT molecular complexity index is 216. The second-order valence-corrected chi connectivity index (χ2v) is 3.50. The lowest BCUT2D eigenvalue weighted by atomic mass is 10.1. The van der Waals surface area contributed by atoms with E-state index in [4.69, 9.17) is 11.6 Å². The third kappa shape index (κ3) is 5.64. The maximum absolute atomic E-state index is 5.69. The normalized spacial score (nSPS) is 9.38. The van der Waals surface area contributed by atoms with Gasteiger partial charge >= 0.3 is 0 Å². The summed E-state index contributed by atoms with van der Waals surface area (Å²) in [5.74, 6) is 0.656. The van der Waals surface area contributed by atoms with Crippen molar-refractivity contribution in [2.24, 2.45) is 5.92 Å². The van der Waals surface area contributed by atoms with Gasteiger partial charge in [-0.25, -0.2) is 0 Å². The van der Waals surface area contributed by atoms with Gasteiger partial charge in [0.05, 0.1) is 5.02 Å². The number of pyridine rings is 1. The molecular weight excluding hydrogens is 182 g/mol. The van der Waals surface area contributed by atoms with Crippen molar-refractivity contribution in [1.29, 1.82) is 0 Å². The minimum Gasteiger partial charge on any atom is -0.260 e. The maximum Gasteiger partial charge on any atom is 0.0589 e. The van der Waals surface area contributed by atoms with Crippen molar-refractivity contribution in [2.45, 2.75) is 34.1 Å². The van der Waals surface area contributed by atoms with E-state index in [9.17, 15) is 0 Å². The molecule has 0 saturated heterocycles. The molecule has 0 aliphatic rings. The quantitative estimate of drug-likeness (QED) is 0.703. The standard InChI is InChI=1S/C9H12ClN.C2H6/c1-7(2)5-9-4-3-8(10)6-11-9;1-2/h3-4,6-7H,5H2,1-2H3;1-2H3. The van der Waals surface area contributed by atoms with Crippen LogP contribution in [0.2, 0.25) is 5.02 Å². The molecule has 0 aliphatic carbocycles. The van der Waals surface area contributed by atoms with Crippen molar-refractivity contribution in [3.8, 4) is 0 Å². The maximum atomic E-state index is 5.69. The molecule has 0 amide bonds. The molecule has 0 bridgehead atoms. The lowest BCUT2D eigenvalue weighted by molar-refractivity contribution is 0.635. The van der Waals surface area contributed by atoms with Crippen LogP contribution in [-0.2, 0) is 6.42 Å². The summed E-state index contributed by atoms with van der Waals surface area (Å²) >= 11 is 5.69. The summed E-state index contributed by atoms with van der Waals surface area (Å²) in [6.45, 7) is 8.35. The molecule has 1 nitrogen and oxygen atoms in total. The van der Waals surface area contributed by atoms with Crippen LogP contribution in [0.1, 0.15) is 33.4 Å². The lowest BCUT2D eigenvalue weighted by Crippen LogP contribution is -1.95. The van der Waals surface area contributed by atoms with E-state index in [1.165, 1.54) is 0 Å². The van der Waals surface area contributed by atoms with Gasteiger partial charge in [0, 0.05) is 11.9 Å². The van der Waals surface area contributed by atoms with Crippen molar-refractivity contribution in [2.75, 3.05) is 0 Å². The fourth-order valence-electron chi connectivity index (χ4n) is 0.945. The monoisotopic (exact) mass is 199 g/mol. The van der Waals surface area contributed by atoms with E-state index in [-0.39, 0.29) is 0 Å². The molecule has 1 aromatic rings. The average molecular weight is 200 g/mol. The van der Waals surface area contributed by atoms with E-state index in [2.05, 4.69) is 18.8 Å². The molecular formula is C11H18ClN. The summed E-state index contributed by atoms with van der Waals surface area (Å²) in [5, 5.41) is 0.706. The third-order valence-corrected chi connectivity index (χ3v) is 1.63. The molecule has 74 valence electrons. The summed E-state index contributed by atoms with van der Waals surface area (Å²) in [5.41, 5.74) is 1.12. The third-order valence-electron chi connectivity index (χ3n) is 1.41. The van der Waals surface area contributed by atoms with E-state index in [0.717, 1.165) is 12.1 Å². The Labute approximate surface area is 86.1 Å². The number of hydrogen-bond acceptors (Lipinski definition) is 1. The van der Waals surface area contributed by atoms with E-state index >= 15 is 0 Å². The van der Waals surface area contributed by atoms with Crippen molar-refractivity contribution in [3.63, 3.8) is 0 Å². The predicted octanol–water partition coefficient (Wildman–Crippen LogP) is 3.96. The minimum absolute atomic E-state index is 0.656. The van der Waals surface area contributed by atoms with Gasteiger partial charge in [0.2, 0.25) is 0 Å². The average Bonchev–Trinajstić information content (AvgIpc) is 2.12. The molecule has 0 spiro atoms. The molecule has 0 radical (unpaired) electrons. The van der Waals surface area contributed by atoms with Crippen LogP contribution in [0.4, 0.5) is 0 Å². The predicted molar refractivity (Wildman–Crippen MR) is 59.1 cm³/mol. The number of rotatable bonds is 2. The largest absolute Gasteiger partial charge is 0.260 e. The second kappa shape index (κ2) is 6.90. The van der Waals surface area contributed by atoms with Crippen LogP contribution in [-0.4, -0.2) is 4.98 Å². The van der Waals surface area contributed by atoms with Gasteiger partial charge in [-0.05, 0) is 24.5 Å². The molecule has 0 unspecified atom stereocenters. The second-order valence-electron chi connectivity index (χ2n) is 3.07. The smallest absolute Gasteiger partial charge is 0.0589 e. The van der Waals surface area contributed by atoms with E-state index < -0.39 is 0 Å². The molecule has 13 heavy (non-hydrogen) atoms. The molecule has 0 N–H and O–H groups in total. The molecule has 0 atom stereocenters. The van der Waals surface area contributed by atoms with Crippen molar-refractivity contribution in [1.82, 2.24) is 4.98 Å². The van der Waals surface area contributed by atoms with Crippen molar-refractivity contribution < 1.29 is 0 Å². The van der Waals surface area contributed by atoms with E-state index in [1.807, 2.05) is 26.0 Å². The lowest BCUT2D eigenvalue weighted by Gasteiger charge is -2.02. The van der Waals surface area contributed by atoms with Gasteiger partial charge in [0.25, 0.3) is 0 Å². The number of nitrogens with zero attached hydrogens (tertiary/aromatic N) is 1. The fourth-order valence-corrected chi connectivity index (χ4v) is 1.06. The van der Waals surface area contributed by atoms with Crippen LogP contribution in [0.5, 0.6) is 0 Å². The zero-order chi connectivity index (χ0) is 10.3. The number of aromatic nitrogens is 1. The Morgan fingerprint density at radius 1 is 1.31 bits per heavy atom. The Balaban J connectivity index is 0.000000671. The molecule has 0 aliphatic heterocycles. The van der Waals surface area contributed by atoms with Crippen LogP contribution < -0.4 is 0 Å². The van der Waals surface area contributed by atoms with Crippen LogP contribution in [0.25, 0.3) is 0 Å². The molecule has 1 aromatic heterocycles. The van der Waals surface area contributed by atoms with Gasteiger partial charge in [-0.1, -0.05) is 39.3 Å². The minimum atomic E-state index is 0.656. The molecule has 2 heteroatoms. The first-order valence-electron chi connectivity index (χ1n) is 4.79. The summed E-state index contributed by atoms with van der Waals surface area (Å²) in [4.78, 5) is 4.19. The Kier molecular flexibility index (Phi) is 6.61. The van der Waals surface area contributed by atoms with Gasteiger partial charge < -0.3 is 0 Å². The first-order valence-corrected chi connectivity index (χ1v) is 5.16. The topological polar surface area (TPSA) is 12.9 Å². The Hall–Kier alpha value is -0.560. The van der Waals surface area contributed by atoms with E-state index in [0.29, 0.717) is 10.9 Å². The Morgan fingerprint density at radius 3 is 2.31 bits per heavy atom. The molecule has 1 heterocycles. The van der Waals surface area contributed by atoms with Gasteiger partial charge in [0.15, 0.2) is 0 Å². The zero-order valence-electron chi connectivity index (χ0n) is 8.84. The van der Waals surface area contributed by atoms with Crippen molar-refractivity contribution >= 4 is 11.6 Å². The highest BCUT2D eigenvalue weighted by Crippen LogP contribution is 2.09. The molecule has 0 aromatic carbocycles. The van der Waals surface area contributed by atoms with Gasteiger partial charge in [-0.2, -0.15) is 0 Å². The highest BCUT2D eigenvalue weighted by Gasteiger charge is 1.97. The highest BCUT2D eigenvalue weighted by molar-refractivity contribution is 6.30. The molecule has 0 fully saturated rings. The van der Waals surface area contributed by atoms with Gasteiger partial charge in [0.1, 0.15) is 0 Å². The van der Waals surface area contributed by atoms with Crippen LogP contribution in [0, 0.1) is 5.92 Å². The SMILES string of the molecule is CC.CC(C)Cc1ccc(Cl)cn1. The summed E-state index contributed by atoms with van der Waals surface area (Å²) < 4.78 is 0. The summed E-state index contributed by atoms with van der Waals surface area (Å²) in [6, 6.07) is 3.86. The first kappa shape index (κ1) is 12.4. The summed E-state index contributed by atoms with van der Waals surface area (Å²) in [7, 11) is 0. The number of halogens is 1. The van der Waals surface area contributed by atoms with Crippen molar-refractivity contribution in [3.05, 3.63) is 29.0 Å². The first-order chi connectivity index (χ1) is 6.18. The van der Waals surface area contributed by atoms with Crippen LogP contribution >= 0.6 is 11.6 Å². The number of hydrogen-bond donors (Lipinski definition) is 0. The zero-order valence-corrected chi connectivity index (χ0v) is 9.60. The highest BCUT2D eigenvalue weighted by atomic mass is 35.5. The molecule has 1 rings (SSSR count). The van der Waals surface area contributed by atoms with Crippen LogP contribution in [0.3, 0.4) is 0 Å². The Morgan fingerprint density at radius 2 is 1.92 bits per heavy atom.